The average molecular weight is 476 g/mol. The third-order valence-electron chi connectivity index (χ3n) is 3.97. The first-order chi connectivity index (χ1) is 15.7. The number of nitrogens with one attached hydrogen (secondary N) is 3. The molecule has 2 aromatic carbocycles. The van der Waals surface area contributed by atoms with Crippen molar-refractivity contribution in [2.45, 2.75) is 6.92 Å². The van der Waals surface area contributed by atoms with Crippen LogP contribution < -0.4 is 20.1 Å². The van der Waals surface area contributed by atoms with Gasteiger partial charge in [-0.1, -0.05) is 18.2 Å². The van der Waals surface area contributed by atoms with E-state index in [0.717, 1.165) is 12.5 Å². The average Bonchev–Trinajstić information content (AvgIpc) is 2.75. The van der Waals surface area contributed by atoms with Crippen LogP contribution in [0.4, 0.5) is 33.2 Å². The van der Waals surface area contributed by atoms with Crippen LogP contribution in [0.15, 0.2) is 54.7 Å². The van der Waals surface area contributed by atoms with E-state index < -0.39 is 21.8 Å². The van der Waals surface area contributed by atoms with Crippen molar-refractivity contribution >= 4 is 44.8 Å². The van der Waals surface area contributed by atoms with Gasteiger partial charge in [-0.3, -0.25) is 4.72 Å². The van der Waals surface area contributed by atoms with Gasteiger partial charge in [0.25, 0.3) is 0 Å². The highest BCUT2D eigenvalue weighted by molar-refractivity contribution is 7.92. The van der Waals surface area contributed by atoms with Gasteiger partial charge in [-0.2, -0.15) is 4.98 Å². The minimum absolute atomic E-state index is 0.0787. The van der Waals surface area contributed by atoms with Crippen LogP contribution in [-0.4, -0.2) is 43.8 Å². The van der Waals surface area contributed by atoms with E-state index in [4.69, 9.17) is 9.47 Å². The number of aromatic nitrogens is 2. The Morgan fingerprint density at radius 1 is 1.09 bits per heavy atom. The summed E-state index contributed by atoms with van der Waals surface area (Å²) in [5.74, 6) is -0.894. The van der Waals surface area contributed by atoms with Crippen LogP contribution in [0.3, 0.4) is 0 Å². The number of rotatable bonds is 10. The number of nitrogens with zero attached hydrogens (tertiary/aromatic N) is 2. The first-order valence-corrected chi connectivity index (χ1v) is 11.6. The van der Waals surface area contributed by atoms with E-state index in [1.807, 2.05) is 0 Å². The predicted octanol–water partition coefficient (Wildman–Crippen LogP) is 3.42. The molecule has 3 aromatic rings. The Balaban J connectivity index is 1.75. The molecule has 0 aliphatic heterocycles. The van der Waals surface area contributed by atoms with Gasteiger partial charge in [-0.15, -0.1) is 0 Å². The van der Waals surface area contributed by atoms with Gasteiger partial charge in [-0.05, 0) is 31.2 Å². The molecular formula is C21H22FN5O5S. The van der Waals surface area contributed by atoms with Crippen molar-refractivity contribution in [2.75, 3.05) is 34.8 Å². The van der Waals surface area contributed by atoms with Crippen molar-refractivity contribution in [1.29, 1.82) is 0 Å². The molecule has 10 nitrogen and oxygen atoms in total. The molecule has 12 heteroatoms. The van der Waals surface area contributed by atoms with Gasteiger partial charge in [-0.25, -0.2) is 22.6 Å². The van der Waals surface area contributed by atoms with Gasteiger partial charge in [0.15, 0.2) is 18.2 Å². The summed E-state index contributed by atoms with van der Waals surface area (Å²) < 4.78 is 50.1. The predicted molar refractivity (Wildman–Crippen MR) is 122 cm³/mol. The Bertz CT molecular complexity index is 1240. The highest BCUT2D eigenvalue weighted by Gasteiger charge is 2.12. The molecule has 3 N–H and O–H groups in total. The summed E-state index contributed by atoms with van der Waals surface area (Å²) in [6, 6.07) is 13.1. The lowest BCUT2D eigenvalue weighted by atomic mass is 10.2. The van der Waals surface area contributed by atoms with Crippen molar-refractivity contribution in [3.8, 4) is 5.75 Å². The fourth-order valence-electron chi connectivity index (χ4n) is 2.66. The molecule has 0 atom stereocenters. The maximum absolute atomic E-state index is 14.3. The Morgan fingerprint density at radius 2 is 1.85 bits per heavy atom. The van der Waals surface area contributed by atoms with Crippen LogP contribution in [0.1, 0.15) is 6.92 Å². The molecule has 174 valence electrons. The zero-order valence-electron chi connectivity index (χ0n) is 17.8. The van der Waals surface area contributed by atoms with Crippen LogP contribution in [-0.2, 0) is 19.6 Å². The molecular weight excluding hydrogens is 453 g/mol. The lowest BCUT2D eigenvalue weighted by Crippen LogP contribution is -2.14. The fraction of sp³-hybridized carbons (Fsp3) is 0.190. The number of carbonyl (C=O) groups excluding carboxylic acids is 1. The molecule has 1 aromatic heterocycles. The van der Waals surface area contributed by atoms with Crippen molar-refractivity contribution in [1.82, 2.24) is 9.97 Å². The van der Waals surface area contributed by atoms with Crippen LogP contribution in [0, 0.1) is 5.82 Å². The molecule has 0 unspecified atom stereocenters. The Kier molecular flexibility index (Phi) is 7.61. The van der Waals surface area contributed by atoms with Gasteiger partial charge < -0.3 is 20.1 Å². The number of halogens is 1. The van der Waals surface area contributed by atoms with Gasteiger partial charge in [0, 0.05) is 11.8 Å². The first kappa shape index (κ1) is 23.7. The molecule has 33 heavy (non-hydrogen) atoms. The molecule has 1 heterocycles. The lowest BCUT2D eigenvalue weighted by molar-refractivity contribution is -0.145. The summed E-state index contributed by atoms with van der Waals surface area (Å²) in [5, 5.41) is 5.70. The number of carbonyl (C=O) groups is 1. The van der Waals surface area contributed by atoms with E-state index in [0.29, 0.717) is 17.1 Å². The summed E-state index contributed by atoms with van der Waals surface area (Å²) in [6.45, 7) is 1.73. The SMILES string of the molecule is CCOC(=O)COc1cccc(Nc2ncc(F)c(Nc3ccccc3NS(C)(=O)=O)n2)c1. The smallest absolute Gasteiger partial charge is 0.344 e. The third kappa shape index (κ3) is 7.31. The number of benzene rings is 2. The van der Waals surface area contributed by atoms with Crippen LogP contribution in [0.5, 0.6) is 5.75 Å². The highest BCUT2D eigenvalue weighted by Crippen LogP contribution is 2.27. The largest absolute Gasteiger partial charge is 0.482 e. The second-order valence-electron chi connectivity index (χ2n) is 6.68. The van der Waals surface area contributed by atoms with E-state index in [1.54, 1.807) is 49.4 Å². The summed E-state index contributed by atoms with van der Waals surface area (Å²) in [4.78, 5) is 19.5. The summed E-state index contributed by atoms with van der Waals surface area (Å²) >= 11 is 0. The number of sulfonamides is 1. The van der Waals surface area contributed by atoms with Crippen LogP contribution in [0.25, 0.3) is 0 Å². The number of para-hydroxylation sites is 2. The zero-order valence-corrected chi connectivity index (χ0v) is 18.6. The lowest BCUT2D eigenvalue weighted by Gasteiger charge is -2.14. The number of hydrogen-bond acceptors (Lipinski definition) is 9. The standard InChI is InChI=1S/C21H22FN5O5S/c1-3-31-19(28)13-32-15-8-6-7-14(11-15)24-21-23-12-16(22)20(26-21)25-17-9-4-5-10-18(17)27-33(2,29)30/h4-12,27H,3,13H2,1-2H3,(H2,23,24,25,26). The number of anilines is 5. The topological polar surface area (TPSA) is 132 Å². The van der Waals surface area contributed by atoms with Gasteiger partial charge in [0.05, 0.1) is 30.4 Å². The maximum atomic E-state index is 14.3. The molecule has 0 spiro atoms. The normalized spacial score (nSPS) is 10.9. The molecule has 0 saturated carbocycles. The molecule has 0 amide bonds. The van der Waals surface area contributed by atoms with E-state index in [2.05, 4.69) is 25.3 Å². The van der Waals surface area contributed by atoms with E-state index >= 15 is 0 Å². The zero-order chi connectivity index (χ0) is 23.8. The minimum Gasteiger partial charge on any atom is -0.482 e. The minimum atomic E-state index is -3.54. The van der Waals surface area contributed by atoms with Crippen molar-refractivity contribution in [3.05, 3.63) is 60.5 Å². The monoisotopic (exact) mass is 475 g/mol. The molecule has 3 rings (SSSR count). The Morgan fingerprint density at radius 3 is 2.58 bits per heavy atom. The number of ether oxygens (including phenoxy) is 2. The van der Waals surface area contributed by atoms with E-state index in [9.17, 15) is 17.6 Å². The van der Waals surface area contributed by atoms with Crippen molar-refractivity contribution < 1.29 is 27.1 Å². The van der Waals surface area contributed by atoms with E-state index in [1.165, 1.54) is 6.07 Å². The van der Waals surface area contributed by atoms with Crippen molar-refractivity contribution in [2.24, 2.45) is 0 Å². The highest BCUT2D eigenvalue weighted by atomic mass is 32.2. The molecule has 0 fully saturated rings. The molecule has 0 bridgehead atoms. The van der Waals surface area contributed by atoms with Gasteiger partial charge in [0.2, 0.25) is 16.0 Å². The third-order valence-corrected chi connectivity index (χ3v) is 4.56. The number of esters is 1. The van der Waals surface area contributed by atoms with Gasteiger partial charge in [0.1, 0.15) is 5.75 Å². The Hall–Kier alpha value is -3.93. The second kappa shape index (κ2) is 10.6. The van der Waals surface area contributed by atoms with Crippen molar-refractivity contribution in [3.63, 3.8) is 0 Å². The number of hydrogen-bond donors (Lipinski definition) is 3. The summed E-state index contributed by atoms with van der Waals surface area (Å²) in [6.07, 6.45) is 1.99. The van der Waals surface area contributed by atoms with Gasteiger partial charge >= 0.3 is 5.97 Å². The van der Waals surface area contributed by atoms with Crippen LogP contribution in [0.2, 0.25) is 0 Å². The van der Waals surface area contributed by atoms with Crippen LogP contribution >= 0.6 is 0 Å². The molecule has 0 saturated heterocycles. The fourth-order valence-corrected chi connectivity index (χ4v) is 3.24. The summed E-state index contributed by atoms with van der Waals surface area (Å²) in [7, 11) is -3.54. The maximum Gasteiger partial charge on any atom is 0.344 e. The quantitative estimate of drug-likeness (QED) is 0.377. The molecule has 0 aliphatic carbocycles. The molecule has 0 radical (unpaired) electrons. The first-order valence-electron chi connectivity index (χ1n) is 9.75. The molecule has 0 aliphatic rings. The van der Waals surface area contributed by atoms with E-state index in [-0.39, 0.29) is 30.7 Å². The Labute approximate surface area is 190 Å². The summed E-state index contributed by atoms with van der Waals surface area (Å²) in [5.41, 5.74) is 1.08. The second-order valence-corrected chi connectivity index (χ2v) is 8.43.